The van der Waals surface area contributed by atoms with Crippen LogP contribution < -0.4 is 10.1 Å². The number of hydrogen-bond acceptors (Lipinski definition) is 6. The maximum absolute atomic E-state index is 5.15. The third-order valence-electron chi connectivity index (χ3n) is 3.09. The SMILES string of the molecule is COc1ccc(CNc2nc(SC)nc3[nH]ncc23)cc1. The number of aromatic amines is 1. The lowest BCUT2D eigenvalue weighted by Crippen LogP contribution is -2.03. The van der Waals surface area contributed by atoms with Crippen molar-refractivity contribution in [3.05, 3.63) is 36.0 Å². The first-order valence-electron chi connectivity index (χ1n) is 6.42. The van der Waals surface area contributed by atoms with E-state index in [-0.39, 0.29) is 0 Å². The number of nitrogens with one attached hydrogen (secondary N) is 2. The second kappa shape index (κ2) is 6.01. The van der Waals surface area contributed by atoms with Crippen molar-refractivity contribution in [1.29, 1.82) is 0 Å². The topological polar surface area (TPSA) is 75.7 Å². The quantitative estimate of drug-likeness (QED) is 0.557. The van der Waals surface area contributed by atoms with E-state index in [0.717, 1.165) is 28.2 Å². The van der Waals surface area contributed by atoms with Crippen LogP contribution in [0.15, 0.2) is 35.6 Å². The summed E-state index contributed by atoms with van der Waals surface area (Å²) in [5, 5.41) is 11.8. The van der Waals surface area contributed by atoms with Gasteiger partial charge in [-0.2, -0.15) is 5.10 Å². The summed E-state index contributed by atoms with van der Waals surface area (Å²) in [4.78, 5) is 8.87. The fourth-order valence-corrected chi connectivity index (χ4v) is 2.33. The number of anilines is 1. The van der Waals surface area contributed by atoms with Crippen molar-refractivity contribution >= 4 is 28.6 Å². The first-order chi connectivity index (χ1) is 10.3. The van der Waals surface area contributed by atoms with Crippen LogP contribution in [0.5, 0.6) is 5.75 Å². The van der Waals surface area contributed by atoms with E-state index in [2.05, 4.69) is 25.5 Å². The van der Waals surface area contributed by atoms with E-state index in [4.69, 9.17) is 4.74 Å². The molecule has 7 heteroatoms. The minimum atomic E-state index is 0.676. The van der Waals surface area contributed by atoms with Crippen molar-refractivity contribution in [3.63, 3.8) is 0 Å². The lowest BCUT2D eigenvalue weighted by atomic mass is 10.2. The predicted octanol–water partition coefficient (Wildman–Crippen LogP) is 2.70. The van der Waals surface area contributed by atoms with Gasteiger partial charge in [0.2, 0.25) is 0 Å². The van der Waals surface area contributed by atoms with Crippen molar-refractivity contribution < 1.29 is 4.74 Å². The Morgan fingerprint density at radius 1 is 1.24 bits per heavy atom. The van der Waals surface area contributed by atoms with Crippen molar-refractivity contribution in [2.75, 3.05) is 18.7 Å². The molecule has 0 aliphatic rings. The van der Waals surface area contributed by atoms with E-state index in [1.54, 1.807) is 13.3 Å². The summed E-state index contributed by atoms with van der Waals surface area (Å²) in [6.07, 6.45) is 3.68. The predicted molar refractivity (Wildman–Crippen MR) is 83.8 cm³/mol. The van der Waals surface area contributed by atoms with E-state index in [1.807, 2.05) is 30.5 Å². The number of hydrogen-bond donors (Lipinski definition) is 2. The Labute approximate surface area is 126 Å². The normalized spacial score (nSPS) is 10.8. The molecule has 21 heavy (non-hydrogen) atoms. The zero-order chi connectivity index (χ0) is 14.7. The molecule has 3 aromatic rings. The fraction of sp³-hybridized carbons (Fsp3) is 0.214. The summed E-state index contributed by atoms with van der Waals surface area (Å²) in [5.41, 5.74) is 1.89. The molecule has 0 spiro atoms. The largest absolute Gasteiger partial charge is 0.497 e. The summed E-state index contributed by atoms with van der Waals surface area (Å²) < 4.78 is 5.15. The zero-order valence-corrected chi connectivity index (χ0v) is 12.6. The highest BCUT2D eigenvalue weighted by Gasteiger charge is 2.08. The molecule has 0 bridgehead atoms. The van der Waals surface area contributed by atoms with Crippen molar-refractivity contribution in [3.8, 4) is 5.75 Å². The van der Waals surface area contributed by atoms with Crippen LogP contribution in [0, 0.1) is 0 Å². The maximum atomic E-state index is 5.15. The van der Waals surface area contributed by atoms with Crippen LogP contribution in [0.1, 0.15) is 5.56 Å². The van der Waals surface area contributed by atoms with Crippen LogP contribution in [0.3, 0.4) is 0 Å². The summed E-state index contributed by atoms with van der Waals surface area (Å²) >= 11 is 1.50. The molecule has 108 valence electrons. The fourth-order valence-electron chi connectivity index (χ4n) is 1.97. The molecule has 0 aliphatic carbocycles. The number of ether oxygens (including phenoxy) is 1. The van der Waals surface area contributed by atoms with Gasteiger partial charge in [-0.15, -0.1) is 0 Å². The van der Waals surface area contributed by atoms with Crippen LogP contribution in [0.4, 0.5) is 5.82 Å². The number of thioether (sulfide) groups is 1. The highest BCUT2D eigenvalue weighted by molar-refractivity contribution is 7.98. The molecule has 0 aliphatic heterocycles. The molecule has 3 rings (SSSR count). The lowest BCUT2D eigenvalue weighted by Gasteiger charge is -2.08. The van der Waals surface area contributed by atoms with Crippen LogP contribution in [-0.2, 0) is 6.54 Å². The van der Waals surface area contributed by atoms with Gasteiger partial charge in [0.15, 0.2) is 10.8 Å². The maximum Gasteiger partial charge on any atom is 0.191 e. The van der Waals surface area contributed by atoms with E-state index in [0.29, 0.717) is 11.7 Å². The van der Waals surface area contributed by atoms with E-state index < -0.39 is 0 Å². The molecule has 2 N–H and O–H groups in total. The molecule has 2 heterocycles. The van der Waals surface area contributed by atoms with Gasteiger partial charge < -0.3 is 10.1 Å². The molecule has 1 aromatic carbocycles. The van der Waals surface area contributed by atoms with Crippen LogP contribution >= 0.6 is 11.8 Å². The molecule has 0 atom stereocenters. The minimum absolute atomic E-state index is 0.676. The van der Waals surface area contributed by atoms with Gasteiger partial charge in [0.25, 0.3) is 0 Å². The average molecular weight is 301 g/mol. The van der Waals surface area contributed by atoms with Crippen LogP contribution in [0.2, 0.25) is 0 Å². The molecule has 0 fully saturated rings. The van der Waals surface area contributed by atoms with E-state index >= 15 is 0 Å². The van der Waals surface area contributed by atoms with Gasteiger partial charge in [-0.1, -0.05) is 23.9 Å². The van der Waals surface area contributed by atoms with Gasteiger partial charge >= 0.3 is 0 Å². The lowest BCUT2D eigenvalue weighted by molar-refractivity contribution is 0.414. The van der Waals surface area contributed by atoms with Gasteiger partial charge in [0, 0.05) is 6.54 Å². The average Bonchev–Trinajstić information content (AvgIpc) is 3.01. The van der Waals surface area contributed by atoms with Gasteiger partial charge in [-0.05, 0) is 24.0 Å². The third kappa shape index (κ3) is 2.92. The Morgan fingerprint density at radius 3 is 2.76 bits per heavy atom. The van der Waals surface area contributed by atoms with E-state index in [1.165, 1.54) is 11.8 Å². The number of benzene rings is 1. The first-order valence-corrected chi connectivity index (χ1v) is 7.64. The molecule has 0 saturated heterocycles. The summed E-state index contributed by atoms with van der Waals surface area (Å²) in [6.45, 7) is 0.676. The molecule has 0 saturated carbocycles. The van der Waals surface area contributed by atoms with Crippen molar-refractivity contribution in [2.45, 2.75) is 11.7 Å². The van der Waals surface area contributed by atoms with E-state index in [9.17, 15) is 0 Å². The smallest absolute Gasteiger partial charge is 0.191 e. The molecule has 0 amide bonds. The van der Waals surface area contributed by atoms with Crippen molar-refractivity contribution in [1.82, 2.24) is 20.2 Å². The molecular formula is C14H15N5OS. The Hall–Kier alpha value is -2.28. The third-order valence-corrected chi connectivity index (χ3v) is 3.64. The number of fused-ring (bicyclic) bond motifs is 1. The van der Waals surface area contributed by atoms with Gasteiger partial charge in [0.05, 0.1) is 18.7 Å². The Balaban J connectivity index is 1.81. The molecule has 0 radical (unpaired) electrons. The number of aromatic nitrogens is 4. The zero-order valence-electron chi connectivity index (χ0n) is 11.8. The number of nitrogens with zero attached hydrogens (tertiary/aromatic N) is 3. The molecule has 2 aromatic heterocycles. The van der Waals surface area contributed by atoms with Gasteiger partial charge in [-0.25, -0.2) is 9.97 Å². The second-order valence-electron chi connectivity index (χ2n) is 4.39. The Morgan fingerprint density at radius 2 is 2.05 bits per heavy atom. The standard InChI is InChI=1S/C14H15N5OS/c1-20-10-5-3-9(4-6-10)7-15-12-11-8-16-19-13(11)18-14(17-12)21-2/h3-6,8H,7H2,1-2H3,(H2,15,16,17,18,19). The molecule has 6 nitrogen and oxygen atoms in total. The minimum Gasteiger partial charge on any atom is -0.497 e. The van der Waals surface area contributed by atoms with Gasteiger partial charge in [0.1, 0.15) is 11.6 Å². The number of H-pyrrole nitrogens is 1. The second-order valence-corrected chi connectivity index (χ2v) is 5.17. The number of methoxy groups -OCH3 is 1. The summed E-state index contributed by atoms with van der Waals surface area (Å²) in [6, 6.07) is 7.93. The summed E-state index contributed by atoms with van der Waals surface area (Å²) in [7, 11) is 1.66. The monoisotopic (exact) mass is 301 g/mol. The highest BCUT2D eigenvalue weighted by atomic mass is 32.2. The summed E-state index contributed by atoms with van der Waals surface area (Å²) in [5.74, 6) is 1.64. The number of rotatable bonds is 5. The Bertz CT molecular complexity index is 741. The molecule has 0 unspecified atom stereocenters. The highest BCUT2D eigenvalue weighted by Crippen LogP contribution is 2.22. The van der Waals surface area contributed by atoms with Crippen LogP contribution in [-0.4, -0.2) is 33.5 Å². The van der Waals surface area contributed by atoms with Gasteiger partial charge in [-0.3, -0.25) is 5.10 Å². The molecular weight excluding hydrogens is 286 g/mol. The van der Waals surface area contributed by atoms with Crippen molar-refractivity contribution in [2.24, 2.45) is 0 Å². The Kier molecular flexibility index (Phi) is 3.92. The first kappa shape index (κ1) is 13.7. The van der Waals surface area contributed by atoms with Crippen LogP contribution in [0.25, 0.3) is 11.0 Å².